The fraction of sp³-hybridized carbons (Fsp3) is 0.273. The Balaban J connectivity index is 2.22. The molecule has 2 heterocycles. The van der Waals surface area contributed by atoms with Crippen LogP contribution in [-0.4, -0.2) is 23.6 Å². The van der Waals surface area contributed by atoms with E-state index >= 15 is 0 Å². The molecular formula is C11H12ClN3S. The van der Waals surface area contributed by atoms with Crippen molar-refractivity contribution < 1.29 is 0 Å². The molecule has 3 nitrogen and oxygen atoms in total. The van der Waals surface area contributed by atoms with Crippen molar-refractivity contribution in [3.63, 3.8) is 0 Å². The molecule has 0 fully saturated rings. The average molecular weight is 254 g/mol. The molecule has 0 saturated heterocycles. The van der Waals surface area contributed by atoms with Gasteiger partial charge in [0, 0.05) is 19.2 Å². The van der Waals surface area contributed by atoms with E-state index in [1.165, 1.54) is 11.3 Å². The zero-order valence-corrected chi connectivity index (χ0v) is 10.5. The SMILES string of the molecule is CNCCc1nccc(-c2ccc(Cl)s2)n1. The molecule has 0 aliphatic rings. The van der Waals surface area contributed by atoms with Crippen molar-refractivity contribution in [2.75, 3.05) is 13.6 Å². The molecule has 0 aliphatic heterocycles. The lowest BCUT2D eigenvalue weighted by atomic mass is 10.3. The summed E-state index contributed by atoms with van der Waals surface area (Å²) in [6.07, 6.45) is 2.63. The first-order valence-electron chi connectivity index (χ1n) is 5.02. The molecule has 0 unspecified atom stereocenters. The Hall–Kier alpha value is -0.970. The van der Waals surface area contributed by atoms with Gasteiger partial charge in [-0.3, -0.25) is 0 Å². The van der Waals surface area contributed by atoms with Crippen LogP contribution in [-0.2, 0) is 6.42 Å². The molecule has 5 heteroatoms. The van der Waals surface area contributed by atoms with Crippen molar-refractivity contribution in [3.8, 4) is 10.6 Å². The molecule has 0 saturated carbocycles. The van der Waals surface area contributed by atoms with E-state index in [0.717, 1.165) is 33.7 Å². The van der Waals surface area contributed by atoms with Crippen LogP contribution in [0.3, 0.4) is 0 Å². The van der Waals surface area contributed by atoms with Crippen LogP contribution in [0.1, 0.15) is 5.82 Å². The second-order valence-electron chi connectivity index (χ2n) is 3.32. The zero-order chi connectivity index (χ0) is 11.4. The molecule has 2 aromatic heterocycles. The van der Waals surface area contributed by atoms with Crippen molar-refractivity contribution in [3.05, 3.63) is 34.6 Å². The summed E-state index contributed by atoms with van der Waals surface area (Å²) in [6.45, 7) is 0.884. The molecule has 0 aromatic carbocycles. The minimum atomic E-state index is 0.783. The molecule has 0 radical (unpaired) electrons. The van der Waals surface area contributed by atoms with Gasteiger partial charge in [0.2, 0.25) is 0 Å². The van der Waals surface area contributed by atoms with Crippen LogP contribution in [0, 0.1) is 0 Å². The normalized spacial score (nSPS) is 10.6. The summed E-state index contributed by atoms with van der Waals surface area (Å²) >= 11 is 7.43. The molecule has 84 valence electrons. The summed E-state index contributed by atoms with van der Waals surface area (Å²) in [5.74, 6) is 0.858. The summed E-state index contributed by atoms with van der Waals surface area (Å²) in [6, 6.07) is 5.78. The minimum absolute atomic E-state index is 0.783. The number of rotatable bonds is 4. The van der Waals surface area contributed by atoms with Gasteiger partial charge in [-0.25, -0.2) is 9.97 Å². The largest absolute Gasteiger partial charge is 0.319 e. The van der Waals surface area contributed by atoms with Crippen LogP contribution in [0.2, 0.25) is 4.34 Å². The minimum Gasteiger partial charge on any atom is -0.319 e. The molecule has 0 amide bonds. The maximum absolute atomic E-state index is 5.90. The summed E-state index contributed by atoms with van der Waals surface area (Å²) in [4.78, 5) is 9.81. The molecule has 2 rings (SSSR count). The highest BCUT2D eigenvalue weighted by atomic mass is 35.5. The molecule has 0 bridgehead atoms. The standard InChI is InChI=1S/C11H12ClN3S/c1-13-6-5-11-14-7-4-8(15-11)9-2-3-10(12)16-9/h2-4,7,13H,5-6H2,1H3. The molecule has 0 aliphatic carbocycles. The van der Waals surface area contributed by atoms with Crippen LogP contribution in [0.15, 0.2) is 24.4 Å². The maximum atomic E-state index is 5.90. The molecule has 1 N–H and O–H groups in total. The summed E-state index contributed by atoms with van der Waals surface area (Å²) in [5, 5.41) is 3.08. The van der Waals surface area contributed by atoms with Crippen molar-refractivity contribution >= 4 is 22.9 Å². The second kappa shape index (κ2) is 5.39. The van der Waals surface area contributed by atoms with E-state index in [1.807, 2.05) is 25.2 Å². The monoisotopic (exact) mass is 253 g/mol. The third-order valence-corrected chi connectivity index (χ3v) is 3.38. The fourth-order valence-corrected chi connectivity index (χ4v) is 2.36. The van der Waals surface area contributed by atoms with Crippen LogP contribution in [0.5, 0.6) is 0 Å². The van der Waals surface area contributed by atoms with Gasteiger partial charge in [-0.05, 0) is 25.2 Å². The van der Waals surface area contributed by atoms with Crippen LogP contribution >= 0.6 is 22.9 Å². The zero-order valence-electron chi connectivity index (χ0n) is 8.90. The Kier molecular flexibility index (Phi) is 3.88. The number of hydrogen-bond donors (Lipinski definition) is 1. The number of thiophene rings is 1. The van der Waals surface area contributed by atoms with Gasteiger partial charge in [0.05, 0.1) is 14.9 Å². The number of nitrogens with one attached hydrogen (secondary N) is 1. The second-order valence-corrected chi connectivity index (χ2v) is 5.03. The van der Waals surface area contributed by atoms with E-state index in [9.17, 15) is 0 Å². The molecule has 2 aromatic rings. The molecule has 0 spiro atoms. The Morgan fingerprint density at radius 2 is 2.25 bits per heavy atom. The summed E-state index contributed by atoms with van der Waals surface area (Å²) < 4.78 is 0.783. The van der Waals surface area contributed by atoms with Crippen molar-refractivity contribution in [1.29, 1.82) is 0 Å². The summed E-state index contributed by atoms with van der Waals surface area (Å²) in [5.41, 5.74) is 0.943. The van der Waals surface area contributed by atoms with E-state index in [4.69, 9.17) is 11.6 Å². The fourth-order valence-electron chi connectivity index (χ4n) is 1.35. The van der Waals surface area contributed by atoms with Gasteiger partial charge >= 0.3 is 0 Å². The van der Waals surface area contributed by atoms with Crippen LogP contribution < -0.4 is 5.32 Å². The third kappa shape index (κ3) is 2.78. The molecular weight excluding hydrogens is 242 g/mol. The van der Waals surface area contributed by atoms with E-state index in [1.54, 1.807) is 6.20 Å². The average Bonchev–Trinajstić information content (AvgIpc) is 2.74. The first kappa shape index (κ1) is 11.5. The van der Waals surface area contributed by atoms with Gasteiger partial charge in [0.1, 0.15) is 5.82 Å². The van der Waals surface area contributed by atoms with Gasteiger partial charge in [-0.2, -0.15) is 0 Å². The number of hydrogen-bond acceptors (Lipinski definition) is 4. The lowest BCUT2D eigenvalue weighted by molar-refractivity contribution is 0.756. The Bertz CT molecular complexity index is 470. The quantitative estimate of drug-likeness (QED) is 0.910. The first-order chi connectivity index (χ1) is 7.79. The molecule has 0 atom stereocenters. The van der Waals surface area contributed by atoms with Crippen molar-refractivity contribution in [2.45, 2.75) is 6.42 Å². The van der Waals surface area contributed by atoms with Gasteiger partial charge in [-0.15, -0.1) is 11.3 Å². The number of aromatic nitrogens is 2. The topological polar surface area (TPSA) is 37.8 Å². The number of likely N-dealkylation sites (N-methyl/N-ethyl adjacent to an activating group) is 1. The van der Waals surface area contributed by atoms with E-state index in [0.29, 0.717) is 0 Å². The van der Waals surface area contributed by atoms with Gasteiger partial charge in [-0.1, -0.05) is 11.6 Å². The lowest BCUT2D eigenvalue weighted by Gasteiger charge is -2.01. The van der Waals surface area contributed by atoms with Gasteiger partial charge < -0.3 is 5.32 Å². The highest BCUT2D eigenvalue weighted by Crippen LogP contribution is 2.29. The van der Waals surface area contributed by atoms with Crippen molar-refractivity contribution in [2.24, 2.45) is 0 Å². The summed E-state index contributed by atoms with van der Waals surface area (Å²) in [7, 11) is 1.92. The van der Waals surface area contributed by atoms with Gasteiger partial charge in [0.25, 0.3) is 0 Å². The number of halogens is 1. The Morgan fingerprint density at radius 3 is 2.94 bits per heavy atom. The van der Waals surface area contributed by atoms with Crippen LogP contribution in [0.4, 0.5) is 0 Å². The highest BCUT2D eigenvalue weighted by Gasteiger charge is 2.04. The molecule has 16 heavy (non-hydrogen) atoms. The van der Waals surface area contributed by atoms with E-state index in [2.05, 4.69) is 15.3 Å². The van der Waals surface area contributed by atoms with E-state index < -0.39 is 0 Å². The predicted molar refractivity (Wildman–Crippen MR) is 68.0 cm³/mol. The number of nitrogens with zero attached hydrogens (tertiary/aromatic N) is 2. The van der Waals surface area contributed by atoms with Crippen LogP contribution in [0.25, 0.3) is 10.6 Å². The van der Waals surface area contributed by atoms with E-state index in [-0.39, 0.29) is 0 Å². The lowest BCUT2D eigenvalue weighted by Crippen LogP contribution is -2.12. The smallest absolute Gasteiger partial charge is 0.130 e. The van der Waals surface area contributed by atoms with Crippen molar-refractivity contribution in [1.82, 2.24) is 15.3 Å². The maximum Gasteiger partial charge on any atom is 0.130 e. The first-order valence-corrected chi connectivity index (χ1v) is 6.21. The highest BCUT2D eigenvalue weighted by molar-refractivity contribution is 7.19. The Labute approximate surface area is 104 Å². The third-order valence-electron chi connectivity index (χ3n) is 2.13. The predicted octanol–water partition coefficient (Wildman–Crippen LogP) is 2.62. The Morgan fingerprint density at radius 1 is 1.38 bits per heavy atom. The van der Waals surface area contributed by atoms with Gasteiger partial charge in [0.15, 0.2) is 0 Å².